The predicted molar refractivity (Wildman–Crippen MR) is 149 cm³/mol. The maximum absolute atomic E-state index is 12.6. The number of imidazole rings is 1. The predicted octanol–water partition coefficient (Wildman–Crippen LogP) is 4.71. The molecule has 188 valence electrons. The minimum Gasteiger partial charge on any atom is -0.349 e. The Hall–Kier alpha value is -4.52. The first-order chi connectivity index (χ1) is 17.9. The van der Waals surface area contributed by atoms with Crippen molar-refractivity contribution in [3.63, 3.8) is 0 Å². The van der Waals surface area contributed by atoms with Crippen LogP contribution < -0.4 is 10.9 Å². The van der Waals surface area contributed by atoms with Gasteiger partial charge in [-0.1, -0.05) is 71.8 Å². The van der Waals surface area contributed by atoms with E-state index in [0.29, 0.717) is 18.6 Å². The standard InChI is InChI=1S/C30H32N6O/c1-21-9-13-23(14-10-21)18-25(19-34-29(37)26(32)6-5-17-31)36-28-8-4-3-7-27(28)35(30(36)33)20-24-15-11-22(2)12-16-24/h3-17,25,31-33H,18-20H2,1-2H3,(H,34,37)/b6-5-,31-17?,32-26?,33-30?/t25-/m0/s1. The number of nitrogens with one attached hydrogen (secondary N) is 4. The third kappa shape index (κ3) is 6.01. The van der Waals surface area contributed by atoms with Gasteiger partial charge in [-0.15, -0.1) is 0 Å². The topological polar surface area (TPSA) is 111 Å². The Morgan fingerprint density at radius 1 is 0.919 bits per heavy atom. The van der Waals surface area contributed by atoms with E-state index in [1.54, 1.807) is 0 Å². The van der Waals surface area contributed by atoms with Gasteiger partial charge in [0.1, 0.15) is 5.71 Å². The Kier molecular flexibility index (Phi) is 7.93. The monoisotopic (exact) mass is 492 g/mol. The summed E-state index contributed by atoms with van der Waals surface area (Å²) in [7, 11) is 0. The van der Waals surface area contributed by atoms with Crippen LogP contribution in [-0.2, 0) is 17.8 Å². The molecule has 0 unspecified atom stereocenters. The summed E-state index contributed by atoms with van der Waals surface area (Å²) in [5, 5.41) is 27.1. The summed E-state index contributed by atoms with van der Waals surface area (Å²) in [4.78, 5) is 12.6. The first-order valence-electron chi connectivity index (χ1n) is 12.3. The third-order valence-electron chi connectivity index (χ3n) is 6.44. The number of para-hydroxylation sites is 2. The minimum absolute atomic E-state index is 0.213. The smallest absolute Gasteiger partial charge is 0.269 e. The largest absolute Gasteiger partial charge is 0.349 e. The zero-order chi connectivity index (χ0) is 26.4. The highest BCUT2D eigenvalue weighted by Crippen LogP contribution is 2.21. The van der Waals surface area contributed by atoms with Crippen molar-refractivity contribution in [2.75, 3.05) is 6.54 Å². The molecule has 4 N–H and O–H groups in total. The summed E-state index contributed by atoms with van der Waals surface area (Å²) in [6.07, 6.45) is 4.29. The quantitative estimate of drug-likeness (QED) is 0.236. The van der Waals surface area contributed by atoms with Crippen molar-refractivity contribution in [1.29, 1.82) is 16.2 Å². The number of carbonyl (C=O) groups excluding carboxylic acids is 1. The molecule has 4 rings (SSSR count). The van der Waals surface area contributed by atoms with Crippen molar-refractivity contribution in [2.45, 2.75) is 32.9 Å². The fraction of sp³-hybridized carbons (Fsp3) is 0.200. The molecule has 1 aromatic heterocycles. The van der Waals surface area contributed by atoms with Crippen LogP contribution in [0.2, 0.25) is 0 Å². The van der Waals surface area contributed by atoms with Crippen LogP contribution in [0.15, 0.2) is 84.9 Å². The van der Waals surface area contributed by atoms with Crippen LogP contribution in [0.25, 0.3) is 11.0 Å². The number of amides is 1. The lowest BCUT2D eigenvalue weighted by Gasteiger charge is -2.21. The van der Waals surface area contributed by atoms with Crippen LogP contribution in [0.4, 0.5) is 0 Å². The van der Waals surface area contributed by atoms with Crippen LogP contribution >= 0.6 is 0 Å². The molecule has 0 aliphatic rings. The highest BCUT2D eigenvalue weighted by Gasteiger charge is 2.21. The lowest BCUT2D eigenvalue weighted by Crippen LogP contribution is -2.38. The van der Waals surface area contributed by atoms with Gasteiger partial charge in [0.05, 0.1) is 23.6 Å². The molecular formula is C30H32N6O. The van der Waals surface area contributed by atoms with Crippen molar-refractivity contribution in [1.82, 2.24) is 14.5 Å². The summed E-state index contributed by atoms with van der Waals surface area (Å²) in [6.45, 7) is 4.92. The first-order valence-corrected chi connectivity index (χ1v) is 12.3. The maximum atomic E-state index is 12.6. The summed E-state index contributed by atoms with van der Waals surface area (Å²) >= 11 is 0. The molecule has 0 saturated heterocycles. The maximum Gasteiger partial charge on any atom is 0.269 e. The second kappa shape index (κ2) is 11.5. The minimum atomic E-state index is -0.512. The molecule has 0 spiro atoms. The molecule has 37 heavy (non-hydrogen) atoms. The van der Waals surface area contributed by atoms with E-state index < -0.39 is 5.91 Å². The van der Waals surface area contributed by atoms with Gasteiger partial charge in [0.25, 0.3) is 5.91 Å². The van der Waals surface area contributed by atoms with E-state index in [1.165, 1.54) is 23.3 Å². The van der Waals surface area contributed by atoms with E-state index in [4.69, 9.17) is 10.8 Å². The molecule has 0 bridgehead atoms. The van der Waals surface area contributed by atoms with Crippen LogP contribution in [0.5, 0.6) is 0 Å². The Labute approximate surface area is 216 Å². The van der Waals surface area contributed by atoms with E-state index in [1.807, 2.05) is 40.3 Å². The lowest BCUT2D eigenvalue weighted by molar-refractivity contribution is -0.114. The summed E-state index contributed by atoms with van der Waals surface area (Å²) in [5.74, 6) is -0.512. The Bertz CT molecular complexity index is 1510. The number of aromatic nitrogens is 2. The van der Waals surface area contributed by atoms with Crippen LogP contribution in [0, 0.1) is 30.1 Å². The molecule has 0 saturated carbocycles. The number of carbonyl (C=O) groups is 1. The number of benzene rings is 3. The number of aryl methyl sites for hydroxylation is 2. The van der Waals surface area contributed by atoms with E-state index in [0.717, 1.165) is 28.4 Å². The molecular weight excluding hydrogens is 460 g/mol. The second-order valence-corrected chi connectivity index (χ2v) is 9.25. The molecule has 4 aromatic rings. The van der Waals surface area contributed by atoms with Gasteiger partial charge in [0.15, 0.2) is 0 Å². The highest BCUT2D eigenvalue weighted by atomic mass is 16.1. The van der Waals surface area contributed by atoms with Crippen molar-refractivity contribution < 1.29 is 4.79 Å². The third-order valence-corrected chi connectivity index (χ3v) is 6.44. The summed E-state index contributed by atoms with van der Waals surface area (Å²) in [5.41, 5.74) is 6.59. The SMILES string of the molecule is Cc1ccc(C[C@@H](CNC(=O)C(=N)/C=C\C=N)n2c(=N)n(Cc3ccc(C)cc3)c3ccccc32)cc1. The summed E-state index contributed by atoms with van der Waals surface area (Å²) in [6, 6.07) is 24.4. The number of allylic oxidation sites excluding steroid dienone is 1. The molecule has 0 fully saturated rings. The van der Waals surface area contributed by atoms with E-state index in [9.17, 15) is 10.2 Å². The van der Waals surface area contributed by atoms with Gasteiger partial charge in [0.2, 0.25) is 5.62 Å². The average molecular weight is 493 g/mol. The molecule has 1 heterocycles. The fourth-order valence-corrected chi connectivity index (χ4v) is 4.44. The second-order valence-electron chi connectivity index (χ2n) is 9.25. The zero-order valence-corrected chi connectivity index (χ0v) is 21.2. The van der Waals surface area contributed by atoms with E-state index >= 15 is 0 Å². The highest BCUT2D eigenvalue weighted by molar-refractivity contribution is 6.42. The molecule has 1 atom stereocenters. The average Bonchev–Trinajstić information content (AvgIpc) is 3.18. The molecule has 7 heteroatoms. The number of fused-ring (bicyclic) bond motifs is 1. The molecule has 0 aliphatic heterocycles. The van der Waals surface area contributed by atoms with Crippen molar-refractivity contribution in [2.24, 2.45) is 0 Å². The van der Waals surface area contributed by atoms with Gasteiger partial charge in [-0.3, -0.25) is 15.6 Å². The molecule has 1 amide bonds. The number of nitrogens with zero attached hydrogens (tertiary/aromatic N) is 2. The van der Waals surface area contributed by atoms with Gasteiger partial charge >= 0.3 is 0 Å². The molecule has 0 radical (unpaired) electrons. The number of hydrogen-bond donors (Lipinski definition) is 4. The van der Waals surface area contributed by atoms with Crippen LogP contribution in [-0.4, -0.2) is 33.5 Å². The van der Waals surface area contributed by atoms with Crippen LogP contribution in [0.3, 0.4) is 0 Å². The Balaban J connectivity index is 1.74. The molecule has 7 nitrogen and oxygen atoms in total. The van der Waals surface area contributed by atoms with Gasteiger partial charge < -0.3 is 19.9 Å². The first kappa shape index (κ1) is 25.6. The van der Waals surface area contributed by atoms with E-state index in [-0.39, 0.29) is 18.3 Å². The zero-order valence-electron chi connectivity index (χ0n) is 21.2. The Morgan fingerprint density at radius 3 is 2.14 bits per heavy atom. The number of rotatable bonds is 10. The normalized spacial score (nSPS) is 12.1. The van der Waals surface area contributed by atoms with Gasteiger partial charge in [-0.2, -0.15) is 0 Å². The molecule has 3 aromatic carbocycles. The van der Waals surface area contributed by atoms with Crippen molar-refractivity contribution in [3.05, 3.63) is 113 Å². The molecule has 0 aliphatic carbocycles. The van der Waals surface area contributed by atoms with Crippen molar-refractivity contribution >= 4 is 28.9 Å². The van der Waals surface area contributed by atoms with Gasteiger partial charge in [-0.25, -0.2) is 0 Å². The van der Waals surface area contributed by atoms with Crippen molar-refractivity contribution in [3.8, 4) is 0 Å². The lowest BCUT2D eigenvalue weighted by atomic mass is 10.0. The van der Waals surface area contributed by atoms with Gasteiger partial charge in [0, 0.05) is 12.8 Å². The van der Waals surface area contributed by atoms with E-state index in [2.05, 4.69) is 60.8 Å². The number of hydrogen-bond acceptors (Lipinski definition) is 4. The Morgan fingerprint density at radius 2 is 1.51 bits per heavy atom. The van der Waals surface area contributed by atoms with Gasteiger partial charge in [-0.05, 0) is 55.7 Å². The fourth-order valence-electron chi connectivity index (χ4n) is 4.44. The summed E-state index contributed by atoms with van der Waals surface area (Å²) < 4.78 is 3.99. The van der Waals surface area contributed by atoms with Crippen LogP contribution in [0.1, 0.15) is 28.3 Å².